The first-order chi connectivity index (χ1) is 14.8. The summed E-state index contributed by atoms with van der Waals surface area (Å²) in [4.78, 5) is 19.2. The Labute approximate surface area is 189 Å². The highest BCUT2D eigenvalue weighted by atomic mass is 35.5. The van der Waals surface area contributed by atoms with Crippen LogP contribution < -0.4 is 14.9 Å². The number of β-amino-alcohol motifs (C(OH)–C–C–N with tert-alkyl or cyclic N) is 1. The van der Waals surface area contributed by atoms with E-state index in [1.54, 1.807) is 18.2 Å². The van der Waals surface area contributed by atoms with Gasteiger partial charge in [-0.1, -0.05) is 23.2 Å². The molecule has 0 spiro atoms. The number of nitrogens with zero attached hydrogens (tertiary/aromatic N) is 2. The van der Waals surface area contributed by atoms with Gasteiger partial charge in [-0.15, -0.1) is 0 Å². The van der Waals surface area contributed by atoms with Gasteiger partial charge in [0.2, 0.25) is 0 Å². The predicted molar refractivity (Wildman–Crippen MR) is 120 cm³/mol. The van der Waals surface area contributed by atoms with Crippen LogP contribution in [0.3, 0.4) is 0 Å². The number of ether oxygens (including phenoxy) is 2. The molecule has 1 aliphatic heterocycles. The number of hydrogen-bond acceptors (Lipinski definition) is 7. The Bertz CT molecular complexity index is 1180. The normalized spacial score (nSPS) is 19.5. The van der Waals surface area contributed by atoms with Crippen LogP contribution >= 0.6 is 23.2 Å². The lowest BCUT2D eigenvalue weighted by Gasteiger charge is -2.34. The summed E-state index contributed by atoms with van der Waals surface area (Å²) in [6.07, 6.45) is 0.0269. The van der Waals surface area contributed by atoms with Gasteiger partial charge in [0.15, 0.2) is 5.43 Å². The molecule has 3 aromatic rings. The van der Waals surface area contributed by atoms with Crippen molar-refractivity contribution in [3.8, 4) is 22.8 Å². The predicted octanol–water partition coefficient (Wildman–Crippen LogP) is 3.96. The van der Waals surface area contributed by atoms with Crippen molar-refractivity contribution in [3.05, 3.63) is 50.4 Å². The summed E-state index contributed by atoms with van der Waals surface area (Å²) < 4.78 is 17.3. The van der Waals surface area contributed by atoms with Crippen LogP contribution in [0.2, 0.25) is 10.3 Å². The number of piperidine rings is 1. The Kier molecular flexibility index (Phi) is 6.12. The molecule has 0 bridgehead atoms. The van der Waals surface area contributed by atoms with Gasteiger partial charge in [0, 0.05) is 35.7 Å². The molecule has 2 aromatic heterocycles. The number of likely N-dealkylation sites (tertiary alicyclic amines) is 1. The third-order valence-electron chi connectivity index (χ3n) is 5.61. The lowest BCUT2D eigenvalue weighted by atomic mass is 9.85. The maximum Gasteiger partial charge on any atom is 0.197 e. The van der Waals surface area contributed by atoms with Crippen molar-refractivity contribution in [2.24, 2.45) is 0 Å². The van der Waals surface area contributed by atoms with E-state index >= 15 is 0 Å². The van der Waals surface area contributed by atoms with E-state index < -0.39 is 6.10 Å². The fraction of sp³-hybridized carbons (Fsp3) is 0.364. The second kappa shape index (κ2) is 8.67. The maximum atomic E-state index is 13.2. The molecule has 3 heterocycles. The van der Waals surface area contributed by atoms with E-state index in [1.807, 2.05) is 7.05 Å². The molecule has 9 heteroatoms. The lowest BCUT2D eigenvalue weighted by Crippen LogP contribution is -2.40. The van der Waals surface area contributed by atoms with E-state index in [0.29, 0.717) is 46.6 Å². The SMILES string of the molecule is COc1cc(OC)c2c(=O)cc(-c3cc(Cl)nc(Cl)c3)oc2c1[C@H]1CCN(C)C[C@H]1O. The third-order valence-corrected chi connectivity index (χ3v) is 6.00. The van der Waals surface area contributed by atoms with Crippen molar-refractivity contribution < 1.29 is 19.0 Å². The number of halogens is 2. The monoisotopic (exact) mass is 464 g/mol. The smallest absolute Gasteiger partial charge is 0.197 e. The second-order valence-electron chi connectivity index (χ2n) is 7.60. The fourth-order valence-corrected chi connectivity index (χ4v) is 4.61. The summed E-state index contributed by atoms with van der Waals surface area (Å²) >= 11 is 12.1. The molecule has 0 amide bonds. The highest BCUT2D eigenvalue weighted by molar-refractivity contribution is 6.32. The Morgan fingerprint density at radius 1 is 1.13 bits per heavy atom. The summed E-state index contributed by atoms with van der Waals surface area (Å²) in [7, 11) is 4.97. The molecule has 0 unspecified atom stereocenters. The van der Waals surface area contributed by atoms with Gasteiger partial charge >= 0.3 is 0 Å². The van der Waals surface area contributed by atoms with Gasteiger partial charge in [-0.3, -0.25) is 4.79 Å². The summed E-state index contributed by atoms with van der Waals surface area (Å²) in [6, 6.07) is 6.17. The molecule has 4 rings (SSSR count). The van der Waals surface area contributed by atoms with Gasteiger partial charge in [0.25, 0.3) is 0 Å². The van der Waals surface area contributed by atoms with Crippen LogP contribution in [0.1, 0.15) is 17.9 Å². The summed E-state index contributed by atoms with van der Waals surface area (Å²) in [5.41, 5.74) is 1.18. The quantitative estimate of drug-likeness (QED) is 0.584. The first kappa shape index (κ1) is 21.9. The zero-order valence-electron chi connectivity index (χ0n) is 17.3. The van der Waals surface area contributed by atoms with Crippen molar-refractivity contribution in [1.82, 2.24) is 9.88 Å². The topological polar surface area (TPSA) is 85.0 Å². The van der Waals surface area contributed by atoms with Gasteiger partial charge in [-0.05, 0) is 32.1 Å². The van der Waals surface area contributed by atoms with E-state index in [0.717, 1.165) is 6.54 Å². The van der Waals surface area contributed by atoms with Crippen molar-refractivity contribution >= 4 is 34.2 Å². The summed E-state index contributed by atoms with van der Waals surface area (Å²) in [6.45, 7) is 1.29. The average Bonchev–Trinajstić information content (AvgIpc) is 2.72. The second-order valence-corrected chi connectivity index (χ2v) is 8.37. The van der Waals surface area contributed by atoms with E-state index in [-0.39, 0.29) is 27.4 Å². The van der Waals surface area contributed by atoms with E-state index in [4.69, 9.17) is 37.1 Å². The van der Waals surface area contributed by atoms with E-state index in [2.05, 4.69) is 9.88 Å². The van der Waals surface area contributed by atoms with Gasteiger partial charge in [-0.2, -0.15) is 0 Å². The van der Waals surface area contributed by atoms with Crippen LogP contribution in [-0.2, 0) is 0 Å². The molecular formula is C22H22Cl2N2O5. The standard InChI is InChI=1S/C22H22Cl2N2O5/c1-26-5-4-12(14(28)10-26)20-16(29-2)9-17(30-3)21-13(27)8-15(31-22(20)21)11-6-18(23)25-19(24)7-11/h6-9,12,14,28H,4-5,10H2,1-3H3/t12-,14+/m0/s1. The molecule has 0 radical (unpaired) electrons. The molecule has 1 aliphatic rings. The van der Waals surface area contributed by atoms with Crippen molar-refractivity contribution in [2.75, 3.05) is 34.4 Å². The molecule has 1 aromatic carbocycles. The average molecular weight is 465 g/mol. The number of methoxy groups -OCH3 is 2. The van der Waals surface area contributed by atoms with Crippen LogP contribution in [0, 0.1) is 0 Å². The van der Waals surface area contributed by atoms with E-state index in [1.165, 1.54) is 20.3 Å². The summed E-state index contributed by atoms with van der Waals surface area (Å²) in [5.74, 6) is 0.832. The lowest BCUT2D eigenvalue weighted by molar-refractivity contribution is 0.0630. The highest BCUT2D eigenvalue weighted by Gasteiger charge is 2.33. The zero-order chi connectivity index (χ0) is 22.3. The number of fused-ring (bicyclic) bond motifs is 1. The Hall–Kier alpha value is -2.32. The minimum atomic E-state index is -0.650. The first-order valence-corrected chi connectivity index (χ1v) is 10.5. The van der Waals surface area contributed by atoms with E-state index in [9.17, 15) is 9.90 Å². The maximum absolute atomic E-state index is 13.2. The van der Waals surface area contributed by atoms with Crippen molar-refractivity contribution in [2.45, 2.75) is 18.4 Å². The number of hydrogen-bond donors (Lipinski definition) is 1. The van der Waals surface area contributed by atoms with Crippen LogP contribution in [0.15, 0.2) is 33.5 Å². The molecule has 0 aliphatic carbocycles. The fourth-order valence-electron chi connectivity index (χ4n) is 4.15. The zero-order valence-corrected chi connectivity index (χ0v) is 18.8. The van der Waals surface area contributed by atoms with Crippen molar-refractivity contribution in [1.29, 1.82) is 0 Å². The highest BCUT2D eigenvalue weighted by Crippen LogP contribution is 2.43. The number of aromatic nitrogens is 1. The largest absolute Gasteiger partial charge is 0.496 e. The molecule has 2 atom stereocenters. The Morgan fingerprint density at radius 2 is 1.81 bits per heavy atom. The minimum absolute atomic E-state index is 0.180. The molecular weight excluding hydrogens is 443 g/mol. The molecule has 164 valence electrons. The number of benzene rings is 1. The first-order valence-electron chi connectivity index (χ1n) is 9.75. The number of aliphatic hydroxyl groups is 1. The molecule has 1 saturated heterocycles. The molecule has 31 heavy (non-hydrogen) atoms. The van der Waals surface area contributed by atoms with Crippen molar-refractivity contribution in [3.63, 3.8) is 0 Å². The number of likely N-dealkylation sites (N-methyl/N-ethyl adjacent to an activating group) is 1. The van der Waals surface area contributed by atoms with Crippen LogP contribution in [0.25, 0.3) is 22.3 Å². The summed E-state index contributed by atoms with van der Waals surface area (Å²) in [5, 5.41) is 11.5. The molecule has 1 N–H and O–H groups in total. The molecule has 1 fully saturated rings. The Morgan fingerprint density at radius 3 is 2.42 bits per heavy atom. The van der Waals surface area contributed by atoms with Crippen LogP contribution in [0.4, 0.5) is 0 Å². The Balaban J connectivity index is 2.03. The third kappa shape index (κ3) is 4.11. The van der Waals surface area contributed by atoms with Gasteiger partial charge in [0.05, 0.1) is 20.3 Å². The molecule has 0 saturated carbocycles. The number of pyridine rings is 1. The van der Waals surface area contributed by atoms with Gasteiger partial charge in [0.1, 0.15) is 38.5 Å². The van der Waals surface area contributed by atoms with Gasteiger partial charge in [-0.25, -0.2) is 4.98 Å². The van der Waals surface area contributed by atoms with Crippen LogP contribution in [0.5, 0.6) is 11.5 Å². The number of rotatable bonds is 4. The molecule has 7 nitrogen and oxygen atoms in total. The minimum Gasteiger partial charge on any atom is -0.496 e. The van der Waals surface area contributed by atoms with Crippen LogP contribution in [-0.4, -0.2) is 55.5 Å². The van der Waals surface area contributed by atoms with Gasteiger partial charge < -0.3 is 23.9 Å². The number of aliphatic hydroxyl groups excluding tert-OH is 1.